The zero-order valence-electron chi connectivity index (χ0n) is 11.9. The molecule has 1 heterocycles. The summed E-state index contributed by atoms with van der Waals surface area (Å²) < 4.78 is 0. The van der Waals surface area contributed by atoms with Gasteiger partial charge in [-0.25, -0.2) is 4.99 Å². The molecule has 4 nitrogen and oxygen atoms in total. The molecule has 2 unspecified atom stereocenters. The minimum atomic E-state index is -0.138. The molecule has 0 bridgehead atoms. The molecule has 1 saturated heterocycles. The molecule has 5 N–H and O–H groups in total. The van der Waals surface area contributed by atoms with E-state index in [2.05, 4.69) is 29.6 Å². The van der Waals surface area contributed by atoms with Gasteiger partial charge in [-0.1, -0.05) is 49.6 Å². The third kappa shape index (κ3) is 2.29. The van der Waals surface area contributed by atoms with Crippen molar-refractivity contribution in [3.63, 3.8) is 0 Å². The highest BCUT2D eigenvalue weighted by Crippen LogP contribution is 2.47. The van der Waals surface area contributed by atoms with Crippen LogP contribution in [0.1, 0.15) is 43.7 Å². The van der Waals surface area contributed by atoms with E-state index in [9.17, 15) is 0 Å². The Labute approximate surface area is 120 Å². The highest BCUT2D eigenvalue weighted by Gasteiger charge is 2.52. The zero-order chi connectivity index (χ0) is 14.0. The molecule has 2 atom stereocenters. The van der Waals surface area contributed by atoms with Crippen LogP contribution < -0.4 is 16.8 Å². The van der Waals surface area contributed by atoms with Crippen molar-refractivity contribution in [3.8, 4) is 0 Å². The Bertz CT molecular complexity index is 475. The third-order valence-electron chi connectivity index (χ3n) is 4.87. The monoisotopic (exact) mass is 272 g/mol. The van der Waals surface area contributed by atoms with Crippen LogP contribution in [-0.2, 0) is 0 Å². The minimum absolute atomic E-state index is 0.138. The van der Waals surface area contributed by atoms with Gasteiger partial charge in [0.1, 0.15) is 0 Å². The van der Waals surface area contributed by atoms with Crippen LogP contribution in [0.15, 0.2) is 35.3 Å². The van der Waals surface area contributed by atoms with Crippen LogP contribution in [0.4, 0.5) is 0 Å². The van der Waals surface area contributed by atoms with E-state index in [1.54, 1.807) is 0 Å². The standard InChI is InChI=1S/C16H24N4/c17-15(18)20-16(13-9-5-2-6-10-13)11-19-14(16)12-7-3-1-4-8-12/h1,3-4,7-8,13-14,19H,2,5-6,9-11H2,(H4,17,18,20). The number of nitrogens with zero attached hydrogens (tertiary/aromatic N) is 1. The number of benzene rings is 1. The Balaban J connectivity index is 1.92. The van der Waals surface area contributed by atoms with E-state index in [1.807, 2.05) is 6.07 Å². The molecule has 2 fully saturated rings. The SMILES string of the molecule is NC(N)=NC1(C2CCCCC2)CNC1c1ccccc1. The molecular formula is C16H24N4. The molecular weight excluding hydrogens is 248 g/mol. The quantitative estimate of drug-likeness (QED) is 0.581. The number of rotatable bonds is 3. The van der Waals surface area contributed by atoms with Gasteiger partial charge in [0.2, 0.25) is 0 Å². The summed E-state index contributed by atoms with van der Waals surface area (Å²) in [6, 6.07) is 10.8. The Kier molecular flexibility index (Phi) is 3.66. The first-order valence-electron chi connectivity index (χ1n) is 7.61. The molecule has 0 spiro atoms. The average molecular weight is 272 g/mol. The number of nitrogens with two attached hydrogens (primary N) is 2. The van der Waals surface area contributed by atoms with Gasteiger partial charge in [0.15, 0.2) is 5.96 Å². The van der Waals surface area contributed by atoms with Gasteiger partial charge in [-0.15, -0.1) is 0 Å². The van der Waals surface area contributed by atoms with Crippen molar-refractivity contribution in [3.05, 3.63) is 35.9 Å². The lowest BCUT2D eigenvalue weighted by molar-refractivity contribution is 0.0826. The fourth-order valence-corrected chi connectivity index (χ4v) is 3.88. The molecule has 0 amide bonds. The van der Waals surface area contributed by atoms with Crippen molar-refractivity contribution in [1.82, 2.24) is 5.32 Å². The molecule has 0 radical (unpaired) electrons. The number of aliphatic imine (C=N–C) groups is 1. The summed E-state index contributed by atoms with van der Waals surface area (Å²) >= 11 is 0. The second-order valence-corrected chi connectivity index (χ2v) is 6.09. The van der Waals surface area contributed by atoms with Crippen LogP contribution in [0.5, 0.6) is 0 Å². The van der Waals surface area contributed by atoms with Crippen molar-refractivity contribution in [2.75, 3.05) is 6.54 Å². The first kappa shape index (κ1) is 13.4. The van der Waals surface area contributed by atoms with Gasteiger partial charge in [-0.3, -0.25) is 0 Å². The van der Waals surface area contributed by atoms with Crippen LogP contribution in [0.3, 0.4) is 0 Å². The second-order valence-electron chi connectivity index (χ2n) is 6.09. The van der Waals surface area contributed by atoms with E-state index >= 15 is 0 Å². The summed E-state index contributed by atoms with van der Waals surface area (Å²) in [5, 5.41) is 3.54. The molecule has 3 rings (SSSR count). The summed E-state index contributed by atoms with van der Waals surface area (Å²) in [6.07, 6.45) is 6.42. The molecule has 1 aliphatic carbocycles. The van der Waals surface area contributed by atoms with Crippen molar-refractivity contribution in [2.24, 2.45) is 22.4 Å². The van der Waals surface area contributed by atoms with E-state index in [4.69, 9.17) is 16.5 Å². The Morgan fingerprint density at radius 1 is 1.10 bits per heavy atom. The summed E-state index contributed by atoms with van der Waals surface area (Å²) in [6.45, 7) is 0.884. The van der Waals surface area contributed by atoms with E-state index in [0.717, 1.165) is 6.54 Å². The third-order valence-corrected chi connectivity index (χ3v) is 4.87. The maximum Gasteiger partial charge on any atom is 0.186 e. The number of hydrogen-bond donors (Lipinski definition) is 3. The summed E-state index contributed by atoms with van der Waals surface area (Å²) in [5.41, 5.74) is 12.6. The van der Waals surface area contributed by atoms with Crippen molar-refractivity contribution in [2.45, 2.75) is 43.7 Å². The minimum Gasteiger partial charge on any atom is -0.370 e. The van der Waals surface area contributed by atoms with Crippen LogP contribution in [0, 0.1) is 5.92 Å². The zero-order valence-corrected chi connectivity index (χ0v) is 11.9. The molecule has 1 aliphatic heterocycles. The van der Waals surface area contributed by atoms with Crippen LogP contribution in [-0.4, -0.2) is 18.0 Å². The summed E-state index contributed by atoms with van der Waals surface area (Å²) in [7, 11) is 0. The number of guanidine groups is 1. The summed E-state index contributed by atoms with van der Waals surface area (Å²) in [4.78, 5) is 4.71. The molecule has 2 aliphatic rings. The van der Waals surface area contributed by atoms with Crippen molar-refractivity contribution in [1.29, 1.82) is 0 Å². The Hall–Kier alpha value is -1.55. The Morgan fingerprint density at radius 3 is 2.35 bits per heavy atom. The highest BCUT2D eigenvalue weighted by atomic mass is 15.2. The normalized spacial score (nSPS) is 30.5. The van der Waals surface area contributed by atoms with Gasteiger partial charge < -0.3 is 16.8 Å². The smallest absolute Gasteiger partial charge is 0.186 e. The topological polar surface area (TPSA) is 76.4 Å². The van der Waals surface area contributed by atoms with E-state index in [0.29, 0.717) is 5.92 Å². The van der Waals surface area contributed by atoms with Crippen LogP contribution in [0.25, 0.3) is 0 Å². The number of hydrogen-bond acceptors (Lipinski definition) is 2. The molecule has 0 aromatic heterocycles. The lowest BCUT2D eigenvalue weighted by atomic mass is 9.65. The van der Waals surface area contributed by atoms with Crippen molar-refractivity contribution < 1.29 is 0 Å². The van der Waals surface area contributed by atoms with E-state index in [-0.39, 0.29) is 17.5 Å². The van der Waals surface area contributed by atoms with Gasteiger partial charge in [-0.2, -0.15) is 0 Å². The van der Waals surface area contributed by atoms with Gasteiger partial charge in [0.05, 0.1) is 11.6 Å². The fourth-order valence-electron chi connectivity index (χ4n) is 3.88. The predicted molar refractivity (Wildman–Crippen MR) is 82.3 cm³/mol. The lowest BCUT2D eigenvalue weighted by Crippen LogP contribution is -2.65. The first-order chi connectivity index (χ1) is 9.72. The maximum atomic E-state index is 5.73. The highest BCUT2D eigenvalue weighted by molar-refractivity contribution is 5.76. The fraction of sp³-hybridized carbons (Fsp3) is 0.562. The maximum absolute atomic E-state index is 5.73. The first-order valence-corrected chi connectivity index (χ1v) is 7.61. The molecule has 1 aromatic carbocycles. The Morgan fingerprint density at radius 2 is 1.80 bits per heavy atom. The summed E-state index contributed by atoms with van der Waals surface area (Å²) in [5.74, 6) is 0.808. The molecule has 108 valence electrons. The number of nitrogens with one attached hydrogen (secondary N) is 1. The van der Waals surface area contributed by atoms with Gasteiger partial charge in [0, 0.05) is 6.54 Å². The van der Waals surface area contributed by atoms with E-state index in [1.165, 1.54) is 37.7 Å². The van der Waals surface area contributed by atoms with E-state index < -0.39 is 0 Å². The average Bonchev–Trinajstić information content (AvgIpc) is 2.45. The molecule has 4 heteroatoms. The van der Waals surface area contributed by atoms with Crippen molar-refractivity contribution >= 4 is 5.96 Å². The molecule has 20 heavy (non-hydrogen) atoms. The van der Waals surface area contributed by atoms with Gasteiger partial charge in [-0.05, 0) is 24.3 Å². The lowest BCUT2D eigenvalue weighted by Gasteiger charge is -2.53. The van der Waals surface area contributed by atoms with Gasteiger partial charge in [0.25, 0.3) is 0 Å². The molecule has 1 aromatic rings. The second kappa shape index (κ2) is 5.44. The largest absolute Gasteiger partial charge is 0.370 e. The molecule has 1 saturated carbocycles. The predicted octanol–water partition coefficient (Wildman–Crippen LogP) is 1.92. The van der Waals surface area contributed by atoms with Crippen LogP contribution in [0.2, 0.25) is 0 Å². The van der Waals surface area contributed by atoms with Crippen LogP contribution >= 0.6 is 0 Å². The van der Waals surface area contributed by atoms with Gasteiger partial charge >= 0.3 is 0 Å².